The smallest absolute Gasteiger partial charge is 0.268 e. The SMILES string of the molecule is CC(CC12CC3CC(CC(C3)C1)C2)NC(=O)c1cccc2nc(C(N)=O)cn12. The zero-order chi connectivity index (χ0) is 19.5. The van der Waals surface area contributed by atoms with E-state index in [0.717, 1.165) is 24.2 Å². The second-order valence-corrected chi connectivity index (χ2v) is 9.63. The number of hydrogen-bond donors (Lipinski definition) is 2. The van der Waals surface area contributed by atoms with E-state index >= 15 is 0 Å². The summed E-state index contributed by atoms with van der Waals surface area (Å²) in [5.41, 5.74) is 6.97. The Morgan fingerprint density at radius 3 is 2.46 bits per heavy atom. The van der Waals surface area contributed by atoms with Crippen molar-refractivity contribution in [2.45, 2.75) is 57.9 Å². The molecule has 2 aromatic heterocycles. The van der Waals surface area contributed by atoms with Gasteiger partial charge in [0.15, 0.2) is 0 Å². The molecular formula is C22H28N4O2. The van der Waals surface area contributed by atoms with Gasteiger partial charge in [-0.25, -0.2) is 4.98 Å². The lowest BCUT2D eigenvalue weighted by atomic mass is 9.48. The summed E-state index contributed by atoms with van der Waals surface area (Å²) in [6.45, 7) is 2.12. The van der Waals surface area contributed by atoms with Crippen molar-refractivity contribution in [3.05, 3.63) is 35.8 Å². The number of imidazole rings is 1. The maximum absolute atomic E-state index is 13.0. The molecular weight excluding hydrogens is 352 g/mol. The molecule has 2 aromatic rings. The predicted molar refractivity (Wildman–Crippen MR) is 106 cm³/mol. The van der Waals surface area contributed by atoms with Crippen LogP contribution in [0.1, 0.15) is 72.8 Å². The van der Waals surface area contributed by atoms with Crippen LogP contribution < -0.4 is 11.1 Å². The number of nitrogens with two attached hydrogens (primary N) is 1. The average molecular weight is 380 g/mol. The van der Waals surface area contributed by atoms with Gasteiger partial charge in [-0.1, -0.05) is 6.07 Å². The third-order valence-corrected chi connectivity index (χ3v) is 7.26. The highest BCUT2D eigenvalue weighted by Crippen LogP contribution is 2.61. The Labute approximate surface area is 164 Å². The zero-order valence-corrected chi connectivity index (χ0v) is 16.4. The van der Waals surface area contributed by atoms with Gasteiger partial charge in [0.25, 0.3) is 11.8 Å². The van der Waals surface area contributed by atoms with E-state index in [0.29, 0.717) is 16.8 Å². The first-order valence-electron chi connectivity index (χ1n) is 10.5. The molecule has 4 fully saturated rings. The van der Waals surface area contributed by atoms with Crippen LogP contribution >= 0.6 is 0 Å². The van der Waals surface area contributed by atoms with Crippen molar-refractivity contribution in [2.24, 2.45) is 28.9 Å². The third kappa shape index (κ3) is 2.99. The van der Waals surface area contributed by atoms with Gasteiger partial charge in [0.2, 0.25) is 0 Å². The van der Waals surface area contributed by atoms with Crippen LogP contribution in [-0.2, 0) is 0 Å². The second-order valence-electron chi connectivity index (χ2n) is 9.63. The van der Waals surface area contributed by atoms with Crippen molar-refractivity contribution < 1.29 is 9.59 Å². The highest BCUT2D eigenvalue weighted by Gasteiger charge is 2.51. The van der Waals surface area contributed by atoms with E-state index in [2.05, 4.69) is 17.2 Å². The summed E-state index contributed by atoms with van der Waals surface area (Å²) in [7, 11) is 0. The lowest BCUT2D eigenvalue weighted by Gasteiger charge is -2.57. The zero-order valence-electron chi connectivity index (χ0n) is 16.4. The van der Waals surface area contributed by atoms with Crippen LogP contribution in [0, 0.1) is 23.2 Å². The Morgan fingerprint density at radius 2 is 1.86 bits per heavy atom. The predicted octanol–water partition coefficient (Wildman–Crippen LogP) is 3.16. The molecule has 3 N–H and O–H groups in total. The molecule has 6 heteroatoms. The molecule has 0 saturated heterocycles. The van der Waals surface area contributed by atoms with Gasteiger partial charge in [-0.2, -0.15) is 0 Å². The summed E-state index contributed by atoms with van der Waals surface area (Å²) in [6, 6.07) is 5.43. The van der Waals surface area contributed by atoms with E-state index in [1.54, 1.807) is 22.6 Å². The van der Waals surface area contributed by atoms with Crippen molar-refractivity contribution in [1.29, 1.82) is 0 Å². The van der Waals surface area contributed by atoms with Gasteiger partial charge in [0.1, 0.15) is 17.0 Å². The quantitative estimate of drug-likeness (QED) is 0.835. The Morgan fingerprint density at radius 1 is 1.21 bits per heavy atom. The van der Waals surface area contributed by atoms with Crippen LogP contribution in [0.3, 0.4) is 0 Å². The van der Waals surface area contributed by atoms with Crippen LogP contribution in [0.2, 0.25) is 0 Å². The number of fused-ring (bicyclic) bond motifs is 1. The van der Waals surface area contributed by atoms with E-state index < -0.39 is 5.91 Å². The van der Waals surface area contributed by atoms with Gasteiger partial charge < -0.3 is 11.1 Å². The van der Waals surface area contributed by atoms with Crippen molar-refractivity contribution in [2.75, 3.05) is 0 Å². The largest absolute Gasteiger partial charge is 0.364 e. The standard InChI is InChI=1S/C22H28N4O2/c1-13(8-22-9-14-5-15(10-22)7-16(6-14)11-22)24-21(28)18-3-2-4-19-25-17(20(23)27)12-26(18)19/h2-4,12-16H,5-11H2,1H3,(H2,23,27)(H,24,28). The van der Waals surface area contributed by atoms with Crippen molar-refractivity contribution in [3.8, 4) is 0 Å². The molecule has 0 aliphatic heterocycles. The number of carbonyl (C=O) groups excluding carboxylic acids is 2. The van der Waals surface area contributed by atoms with E-state index in [1.165, 1.54) is 44.7 Å². The maximum Gasteiger partial charge on any atom is 0.268 e. The van der Waals surface area contributed by atoms with Crippen molar-refractivity contribution >= 4 is 17.5 Å². The number of primary amides is 1. The summed E-state index contributed by atoms with van der Waals surface area (Å²) < 4.78 is 1.65. The summed E-state index contributed by atoms with van der Waals surface area (Å²) in [6.07, 6.45) is 10.9. The molecule has 0 radical (unpaired) electrons. The van der Waals surface area contributed by atoms with E-state index in [9.17, 15) is 9.59 Å². The molecule has 0 spiro atoms. The molecule has 4 saturated carbocycles. The van der Waals surface area contributed by atoms with Crippen molar-refractivity contribution in [3.63, 3.8) is 0 Å². The van der Waals surface area contributed by atoms with Gasteiger partial charge >= 0.3 is 0 Å². The monoisotopic (exact) mass is 380 g/mol. The molecule has 28 heavy (non-hydrogen) atoms. The summed E-state index contributed by atoms with van der Waals surface area (Å²) in [5, 5.41) is 3.20. The number of carbonyl (C=O) groups is 2. The molecule has 0 aromatic carbocycles. The van der Waals surface area contributed by atoms with Gasteiger partial charge in [-0.05, 0) is 87.2 Å². The Hall–Kier alpha value is -2.37. The number of hydrogen-bond acceptors (Lipinski definition) is 3. The number of aromatic nitrogens is 2. The normalized spacial score (nSPS) is 31.8. The maximum atomic E-state index is 13.0. The Kier molecular flexibility index (Phi) is 4.00. The van der Waals surface area contributed by atoms with Gasteiger partial charge in [-0.15, -0.1) is 0 Å². The first-order chi connectivity index (χ1) is 13.4. The topological polar surface area (TPSA) is 89.5 Å². The molecule has 2 heterocycles. The van der Waals surface area contributed by atoms with E-state index in [-0.39, 0.29) is 17.6 Å². The lowest BCUT2D eigenvalue weighted by Crippen LogP contribution is -2.49. The number of nitrogens with one attached hydrogen (secondary N) is 1. The lowest BCUT2D eigenvalue weighted by molar-refractivity contribution is -0.0607. The van der Waals surface area contributed by atoms with Crippen LogP contribution in [-0.4, -0.2) is 27.2 Å². The minimum atomic E-state index is -0.592. The molecule has 4 bridgehead atoms. The minimum Gasteiger partial charge on any atom is -0.364 e. The minimum absolute atomic E-state index is 0.123. The first kappa shape index (κ1) is 17.7. The molecule has 4 aliphatic rings. The number of nitrogens with zero attached hydrogens (tertiary/aromatic N) is 2. The van der Waals surface area contributed by atoms with Crippen LogP contribution in [0.4, 0.5) is 0 Å². The summed E-state index contributed by atoms with van der Waals surface area (Å²) >= 11 is 0. The number of pyridine rings is 1. The second kappa shape index (κ2) is 6.33. The molecule has 148 valence electrons. The molecule has 6 nitrogen and oxygen atoms in total. The third-order valence-electron chi connectivity index (χ3n) is 7.26. The van der Waals surface area contributed by atoms with E-state index in [4.69, 9.17) is 5.73 Å². The fraction of sp³-hybridized carbons (Fsp3) is 0.591. The van der Waals surface area contributed by atoms with Crippen LogP contribution in [0.15, 0.2) is 24.4 Å². The molecule has 4 aliphatic carbocycles. The van der Waals surface area contributed by atoms with Crippen LogP contribution in [0.25, 0.3) is 5.65 Å². The van der Waals surface area contributed by atoms with Crippen molar-refractivity contribution in [1.82, 2.24) is 14.7 Å². The first-order valence-corrected chi connectivity index (χ1v) is 10.5. The Balaban J connectivity index is 1.32. The number of amides is 2. The average Bonchev–Trinajstić information content (AvgIpc) is 3.04. The summed E-state index contributed by atoms with van der Waals surface area (Å²) in [4.78, 5) is 28.6. The van der Waals surface area contributed by atoms with Gasteiger partial charge in [0, 0.05) is 12.2 Å². The van der Waals surface area contributed by atoms with Crippen LogP contribution in [0.5, 0.6) is 0 Å². The molecule has 1 atom stereocenters. The molecule has 6 rings (SSSR count). The highest BCUT2D eigenvalue weighted by atomic mass is 16.2. The van der Waals surface area contributed by atoms with Gasteiger partial charge in [0.05, 0.1) is 0 Å². The Bertz CT molecular complexity index is 912. The molecule has 1 unspecified atom stereocenters. The van der Waals surface area contributed by atoms with E-state index in [1.807, 2.05) is 0 Å². The fourth-order valence-corrected chi connectivity index (χ4v) is 6.85. The van der Waals surface area contributed by atoms with Gasteiger partial charge in [-0.3, -0.25) is 14.0 Å². The highest BCUT2D eigenvalue weighted by molar-refractivity contribution is 5.95. The fourth-order valence-electron chi connectivity index (χ4n) is 6.85. The number of rotatable bonds is 5. The summed E-state index contributed by atoms with van der Waals surface area (Å²) in [5.74, 6) is 2.03. The molecule has 2 amide bonds.